The highest BCUT2D eigenvalue weighted by Gasteiger charge is 2.49. The Morgan fingerprint density at radius 3 is 1.62 bits per heavy atom. The maximum absolute atomic E-state index is 14.1. The highest BCUT2D eigenvalue weighted by atomic mass is 16.5. The molecule has 216 valence electrons. The average Bonchev–Trinajstić information content (AvgIpc) is 3.44. The fourth-order valence-corrected chi connectivity index (χ4v) is 5.65. The fraction of sp³-hybridized carbons (Fsp3) is 0.344. The van der Waals surface area contributed by atoms with E-state index < -0.39 is 30.3 Å². The van der Waals surface area contributed by atoms with Crippen molar-refractivity contribution in [1.29, 1.82) is 5.26 Å². The van der Waals surface area contributed by atoms with Crippen LogP contribution in [0.15, 0.2) is 59.7 Å². The number of piperidine rings is 1. The number of ether oxygens (including phenoxy) is 2. The topological polar surface area (TPSA) is 120 Å². The summed E-state index contributed by atoms with van der Waals surface area (Å²) >= 11 is 0. The SMILES string of the molecule is CCOC(=O)CN1C(=O)C2=C(c3ccc(N4CCCCC4)cc3)N(CC(=O)OCC)C(=O)C2=C1c1ccc(C#N)cc1. The molecule has 3 heterocycles. The summed E-state index contributed by atoms with van der Waals surface area (Å²) < 4.78 is 10.3. The van der Waals surface area contributed by atoms with E-state index in [1.807, 2.05) is 24.3 Å². The summed E-state index contributed by atoms with van der Waals surface area (Å²) in [7, 11) is 0. The summed E-state index contributed by atoms with van der Waals surface area (Å²) in [5.74, 6) is -2.33. The zero-order valence-electron chi connectivity index (χ0n) is 23.7. The van der Waals surface area contributed by atoms with E-state index in [1.165, 1.54) is 16.2 Å². The van der Waals surface area contributed by atoms with Gasteiger partial charge in [0.15, 0.2) is 0 Å². The van der Waals surface area contributed by atoms with Crippen LogP contribution in [-0.2, 0) is 28.7 Å². The Bertz CT molecular complexity index is 1510. The van der Waals surface area contributed by atoms with Crippen LogP contribution < -0.4 is 4.90 Å². The highest BCUT2D eigenvalue weighted by Crippen LogP contribution is 2.46. The minimum Gasteiger partial charge on any atom is -0.465 e. The lowest BCUT2D eigenvalue weighted by Gasteiger charge is -2.29. The summed E-state index contributed by atoms with van der Waals surface area (Å²) in [5.41, 5.74) is 3.22. The van der Waals surface area contributed by atoms with Crippen molar-refractivity contribution < 1.29 is 28.7 Å². The van der Waals surface area contributed by atoms with Crippen LogP contribution in [0.1, 0.15) is 49.8 Å². The number of hydrogen-bond donors (Lipinski definition) is 0. The fourth-order valence-electron chi connectivity index (χ4n) is 5.65. The van der Waals surface area contributed by atoms with Crippen molar-refractivity contribution in [2.45, 2.75) is 33.1 Å². The first-order chi connectivity index (χ1) is 20.4. The molecule has 0 spiro atoms. The molecule has 10 heteroatoms. The molecular weight excluding hydrogens is 536 g/mol. The van der Waals surface area contributed by atoms with Gasteiger partial charge in [-0.05, 0) is 68.5 Å². The number of rotatable bonds is 9. The number of hydrogen-bond acceptors (Lipinski definition) is 8. The van der Waals surface area contributed by atoms with Crippen LogP contribution >= 0.6 is 0 Å². The lowest BCUT2D eigenvalue weighted by molar-refractivity contribution is -0.146. The Kier molecular flexibility index (Phi) is 8.38. The highest BCUT2D eigenvalue weighted by molar-refractivity contribution is 6.31. The Morgan fingerprint density at radius 1 is 0.738 bits per heavy atom. The molecule has 0 aromatic heterocycles. The largest absolute Gasteiger partial charge is 0.465 e. The molecule has 10 nitrogen and oxygen atoms in total. The Labute approximate surface area is 244 Å². The molecule has 5 rings (SSSR count). The van der Waals surface area contributed by atoms with Gasteiger partial charge in [-0.3, -0.25) is 29.0 Å². The Balaban J connectivity index is 1.66. The quantitative estimate of drug-likeness (QED) is 0.422. The van der Waals surface area contributed by atoms with Crippen LogP contribution in [0.3, 0.4) is 0 Å². The van der Waals surface area contributed by atoms with E-state index in [-0.39, 0.29) is 42.3 Å². The van der Waals surface area contributed by atoms with Gasteiger partial charge in [0, 0.05) is 18.8 Å². The van der Waals surface area contributed by atoms with Gasteiger partial charge >= 0.3 is 11.9 Å². The van der Waals surface area contributed by atoms with Gasteiger partial charge in [-0.2, -0.15) is 5.26 Å². The number of benzene rings is 2. The molecule has 0 bridgehead atoms. The molecule has 0 aliphatic carbocycles. The van der Waals surface area contributed by atoms with Gasteiger partial charge in [0.25, 0.3) is 11.8 Å². The van der Waals surface area contributed by atoms with Crippen molar-refractivity contribution in [3.8, 4) is 6.07 Å². The third-order valence-electron chi connectivity index (χ3n) is 7.52. The van der Waals surface area contributed by atoms with E-state index in [9.17, 15) is 24.4 Å². The minimum absolute atomic E-state index is 0.0911. The summed E-state index contributed by atoms with van der Waals surface area (Å²) in [6.07, 6.45) is 3.45. The van der Waals surface area contributed by atoms with Crippen molar-refractivity contribution >= 4 is 40.8 Å². The van der Waals surface area contributed by atoms with E-state index in [0.717, 1.165) is 31.6 Å². The van der Waals surface area contributed by atoms with Gasteiger partial charge in [0.05, 0.1) is 47.4 Å². The number of anilines is 1. The third kappa shape index (κ3) is 5.38. The summed E-state index contributed by atoms with van der Waals surface area (Å²) in [5, 5.41) is 9.28. The molecule has 0 saturated carbocycles. The van der Waals surface area contributed by atoms with Crippen LogP contribution in [0.5, 0.6) is 0 Å². The van der Waals surface area contributed by atoms with Crippen molar-refractivity contribution in [1.82, 2.24) is 9.80 Å². The van der Waals surface area contributed by atoms with Gasteiger partial charge in [-0.15, -0.1) is 0 Å². The molecule has 2 amide bonds. The molecule has 0 radical (unpaired) electrons. The van der Waals surface area contributed by atoms with Crippen LogP contribution in [0.4, 0.5) is 5.69 Å². The summed E-state index contributed by atoms with van der Waals surface area (Å²) in [4.78, 5) is 58.2. The second-order valence-corrected chi connectivity index (χ2v) is 10.1. The van der Waals surface area contributed by atoms with Crippen LogP contribution in [0, 0.1) is 11.3 Å². The Hall–Kier alpha value is -4.91. The van der Waals surface area contributed by atoms with E-state index in [0.29, 0.717) is 16.7 Å². The standard InChI is InChI=1S/C32H32N4O6/c1-3-41-25(37)19-35-29(22-10-8-21(18-33)9-11-22)27-28(32(35)40)30(36(31(27)39)20-26(38)42-4-2)23-12-14-24(15-13-23)34-16-6-5-7-17-34/h8-15H,3-7,16-17,19-20H2,1-2H3. The molecule has 2 aromatic rings. The van der Waals surface area contributed by atoms with Crippen LogP contribution in [0.2, 0.25) is 0 Å². The van der Waals surface area contributed by atoms with Crippen molar-refractivity contribution in [2.24, 2.45) is 0 Å². The molecule has 1 saturated heterocycles. The maximum atomic E-state index is 14.1. The maximum Gasteiger partial charge on any atom is 0.326 e. The van der Waals surface area contributed by atoms with Crippen molar-refractivity contribution in [3.63, 3.8) is 0 Å². The van der Waals surface area contributed by atoms with Crippen molar-refractivity contribution in [3.05, 3.63) is 76.4 Å². The van der Waals surface area contributed by atoms with Gasteiger partial charge in [-0.25, -0.2) is 0 Å². The van der Waals surface area contributed by atoms with Crippen molar-refractivity contribution in [2.75, 3.05) is 44.3 Å². The van der Waals surface area contributed by atoms with Gasteiger partial charge in [-0.1, -0.05) is 24.3 Å². The molecule has 42 heavy (non-hydrogen) atoms. The first-order valence-electron chi connectivity index (χ1n) is 14.2. The van der Waals surface area contributed by atoms with Gasteiger partial charge < -0.3 is 14.4 Å². The second-order valence-electron chi connectivity index (χ2n) is 10.1. The van der Waals surface area contributed by atoms with Crippen LogP contribution in [-0.4, -0.2) is 72.9 Å². The predicted octanol–water partition coefficient (Wildman–Crippen LogP) is 3.48. The number of fused-ring (bicyclic) bond motifs is 1. The first kappa shape index (κ1) is 28.6. The van der Waals surface area contributed by atoms with Gasteiger partial charge in [0.2, 0.25) is 0 Å². The molecular formula is C32H32N4O6. The first-order valence-corrected chi connectivity index (χ1v) is 14.2. The second kappa shape index (κ2) is 12.3. The van der Waals surface area contributed by atoms with Gasteiger partial charge in [0.1, 0.15) is 13.1 Å². The number of carbonyl (C=O) groups is 4. The van der Waals surface area contributed by atoms with E-state index in [2.05, 4.69) is 11.0 Å². The van der Waals surface area contributed by atoms with E-state index >= 15 is 0 Å². The molecule has 3 aliphatic rings. The zero-order chi connectivity index (χ0) is 29.8. The number of nitriles is 1. The molecule has 2 aromatic carbocycles. The normalized spacial score (nSPS) is 16.6. The van der Waals surface area contributed by atoms with E-state index in [1.54, 1.807) is 38.1 Å². The summed E-state index contributed by atoms with van der Waals surface area (Å²) in [6, 6.07) is 16.1. The monoisotopic (exact) mass is 568 g/mol. The molecule has 0 N–H and O–H groups in total. The lowest BCUT2D eigenvalue weighted by atomic mass is 10.0. The molecule has 0 atom stereocenters. The third-order valence-corrected chi connectivity index (χ3v) is 7.52. The number of nitrogens with zero attached hydrogens (tertiary/aromatic N) is 4. The number of esters is 2. The Morgan fingerprint density at radius 2 is 1.19 bits per heavy atom. The van der Waals surface area contributed by atoms with E-state index in [4.69, 9.17) is 9.47 Å². The molecule has 3 aliphatic heterocycles. The number of carbonyl (C=O) groups excluding carboxylic acids is 4. The zero-order valence-corrected chi connectivity index (χ0v) is 23.7. The minimum atomic E-state index is -0.624. The number of amides is 2. The smallest absolute Gasteiger partial charge is 0.326 e. The lowest BCUT2D eigenvalue weighted by Crippen LogP contribution is -2.35. The average molecular weight is 569 g/mol. The molecule has 1 fully saturated rings. The van der Waals surface area contributed by atoms with Crippen LogP contribution in [0.25, 0.3) is 11.4 Å². The predicted molar refractivity (Wildman–Crippen MR) is 154 cm³/mol. The molecule has 0 unspecified atom stereocenters. The summed E-state index contributed by atoms with van der Waals surface area (Å²) in [6.45, 7) is 4.76.